The predicted octanol–water partition coefficient (Wildman–Crippen LogP) is 2.93. The summed E-state index contributed by atoms with van der Waals surface area (Å²) in [7, 11) is 1.74. The minimum Gasteiger partial charge on any atom is -0.441 e. The predicted molar refractivity (Wildman–Crippen MR) is 88.6 cm³/mol. The van der Waals surface area contributed by atoms with Gasteiger partial charge in [-0.05, 0) is 12.1 Å². The van der Waals surface area contributed by atoms with E-state index in [0.717, 1.165) is 17.0 Å². The van der Waals surface area contributed by atoms with Crippen LogP contribution in [0.3, 0.4) is 0 Å². The lowest BCUT2D eigenvalue weighted by molar-refractivity contribution is 0.0721. The fourth-order valence-corrected chi connectivity index (χ4v) is 3.09. The average molecular weight is 343 g/mol. The monoisotopic (exact) mass is 342 g/mol. The van der Waals surface area contributed by atoms with Gasteiger partial charge in [0.1, 0.15) is 11.5 Å². The van der Waals surface area contributed by atoms with Crippen LogP contribution in [0.2, 0.25) is 5.02 Å². The van der Waals surface area contributed by atoms with Crippen molar-refractivity contribution in [2.75, 3.05) is 6.54 Å². The summed E-state index contributed by atoms with van der Waals surface area (Å²) in [5.74, 6) is 1.24. The molecule has 6 nitrogen and oxygen atoms in total. The van der Waals surface area contributed by atoms with Crippen LogP contribution in [-0.4, -0.2) is 32.1 Å². The number of amides is 1. The van der Waals surface area contributed by atoms with Gasteiger partial charge in [0.15, 0.2) is 5.69 Å². The van der Waals surface area contributed by atoms with Gasteiger partial charge < -0.3 is 9.32 Å². The first kappa shape index (κ1) is 15.0. The third-order valence-electron chi connectivity index (χ3n) is 4.02. The Balaban J connectivity index is 1.59. The minimum absolute atomic E-state index is 0.185. The molecule has 122 valence electrons. The minimum atomic E-state index is -0.185. The van der Waals surface area contributed by atoms with Crippen molar-refractivity contribution < 1.29 is 9.21 Å². The molecule has 1 aromatic carbocycles. The van der Waals surface area contributed by atoms with Crippen LogP contribution >= 0.6 is 11.6 Å². The van der Waals surface area contributed by atoms with Crippen molar-refractivity contribution in [3.05, 3.63) is 58.7 Å². The van der Waals surface area contributed by atoms with Crippen LogP contribution in [-0.2, 0) is 20.0 Å². The average Bonchev–Trinajstić information content (AvgIpc) is 3.17. The van der Waals surface area contributed by atoms with Gasteiger partial charge in [0.05, 0.1) is 11.6 Å². The van der Waals surface area contributed by atoms with Gasteiger partial charge in [0.2, 0.25) is 5.89 Å². The molecule has 0 saturated heterocycles. The summed E-state index contributed by atoms with van der Waals surface area (Å²) in [6.45, 7) is 0.958. The Morgan fingerprint density at radius 2 is 2.08 bits per heavy atom. The number of aromatic nitrogens is 3. The number of rotatable bonds is 2. The molecule has 3 heterocycles. The number of carbonyl (C=O) groups excluding carboxylic acids is 1. The highest BCUT2D eigenvalue weighted by Crippen LogP contribution is 2.27. The van der Waals surface area contributed by atoms with Crippen LogP contribution in [0.4, 0.5) is 0 Å². The molecule has 4 rings (SSSR count). The summed E-state index contributed by atoms with van der Waals surface area (Å²) < 4.78 is 7.40. The summed E-state index contributed by atoms with van der Waals surface area (Å²) in [5, 5.41) is 4.50. The Labute approximate surface area is 143 Å². The van der Waals surface area contributed by atoms with Crippen LogP contribution in [0.5, 0.6) is 0 Å². The van der Waals surface area contributed by atoms with E-state index >= 15 is 0 Å². The van der Waals surface area contributed by atoms with Crippen molar-refractivity contribution in [3.63, 3.8) is 0 Å². The molecule has 0 spiro atoms. The molecule has 0 unspecified atom stereocenters. The van der Waals surface area contributed by atoms with Crippen molar-refractivity contribution in [3.8, 4) is 11.5 Å². The quantitative estimate of drug-likeness (QED) is 0.718. The maximum Gasteiger partial charge on any atom is 0.276 e. The maximum atomic E-state index is 12.6. The highest BCUT2D eigenvalue weighted by molar-refractivity contribution is 6.33. The Hall–Kier alpha value is -2.60. The molecule has 24 heavy (non-hydrogen) atoms. The molecule has 0 radical (unpaired) electrons. The van der Waals surface area contributed by atoms with Crippen molar-refractivity contribution >= 4 is 17.5 Å². The van der Waals surface area contributed by atoms with Crippen molar-refractivity contribution in [1.29, 1.82) is 0 Å². The van der Waals surface area contributed by atoms with Gasteiger partial charge in [0.25, 0.3) is 5.91 Å². The maximum absolute atomic E-state index is 12.6. The van der Waals surface area contributed by atoms with E-state index in [1.165, 1.54) is 4.68 Å². The van der Waals surface area contributed by atoms with E-state index in [0.29, 0.717) is 30.4 Å². The third kappa shape index (κ3) is 2.59. The van der Waals surface area contributed by atoms with Gasteiger partial charge in [-0.3, -0.25) is 9.48 Å². The van der Waals surface area contributed by atoms with E-state index in [2.05, 4.69) is 10.1 Å². The first-order valence-corrected chi connectivity index (χ1v) is 8.02. The molecule has 2 aromatic heterocycles. The smallest absolute Gasteiger partial charge is 0.276 e. The normalized spacial score (nSPS) is 13.8. The fourth-order valence-electron chi connectivity index (χ4n) is 2.83. The van der Waals surface area contributed by atoms with E-state index in [1.807, 2.05) is 30.3 Å². The van der Waals surface area contributed by atoms with Crippen LogP contribution in [0.1, 0.15) is 21.9 Å². The lowest BCUT2D eigenvalue weighted by Crippen LogP contribution is -2.36. The zero-order chi connectivity index (χ0) is 16.7. The van der Waals surface area contributed by atoms with E-state index in [9.17, 15) is 4.79 Å². The zero-order valence-corrected chi connectivity index (χ0v) is 13.8. The molecular weight excluding hydrogens is 328 g/mol. The molecule has 1 aliphatic heterocycles. The Kier molecular flexibility index (Phi) is 3.61. The zero-order valence-electron chi connectivity index (χ0n) is 13.1. The van der Waals surface area contributed by atoms with Gasteiger partial charge in [-0.15, -0.1) is 0 Å². The SMILES string of the molecule is Cn1cc(Cl)c(C(=O)N2CCc3oc(-c4ccccc4)nc3C2)n1. The second-order valence-electron chi connectivity index (χ2n) is 5.73. The van der Waals surface area contributed by atoms with Crippen LogP contribution < -0.4 is 0 Å². The van der Waals surface area contributed by atoms with Gasteiger partial charge in [-0.2, -0.15) is 5.10 Å². The third-order valence-corrected chi connectivity index (χ3v) is 4.30. The number of nitrogens with zero attached hydrogens (tertiary/aromatic N) is 4. The molecule has 0 fully saturated rings. The molecule has 0 aliphatic carbocycles. The summed E-state index contributed by atoms with van der Waals surface area (Å²) in [4.78, 5) is 18.9. The molecule has 7 heteroatoms. The number of hydrogen-bond acceptors (Lipinski definition) is 4. The Morgan fingerprint density at radius 3 is 2.79 bits per heavy atom. The van der Waals surface area contributed by atoms with E-state index in [1.54, 1.807) is 18.1 Å². The van der Waals surface area contributed by atoms with E-state index < -0.39 is 0 Å². The Morgan fingerprint density at radius 1 is 1.29 bits per heavy atom. The van der Waals surface area contributed by atoms with Gasteiger partial charge >= 0.3 is 0 Å². The van der Waals surface area contributed by atoms with Crippen LogP contribution in [0.25, 0.3) is 11.5 Å². The van der Waals surface area contributed by atoms with Gasteiger partial charge in [-0.1, -0.05) is 29.8 Å². The van der Waals surface area contributed by atoms with Gasteiger partial charge in [0, 0.05) is 31.8 Å². The van der Waals surface area contributed by atoms with Gasteiger partial charge in [-0.25, -0.2) is 4.98 Å². The topological polar surface area (TPSA) is 64.2 Å². The number of carbonyl (C=O) groups is 1. The molecule has 1 aliphatic rings. The first-order chi connectivity index (χ1) is 11.6. The van der Waals surface area contributed by atoms with E-state index in [4.69, 9.17) is 16.0 Å². The second kappa shape index (κ2) is 5.79. The molecule has 0 saturated carbocycles. The molecular formula is C17H15ClN4O2. The van der Waals surface area contributed by atoms with Crippen LogP contribution in [0, 0.1) is 0 Å². The fraction of sp³-hybridized carbons (Fsp3) is 0.235. The molecule has 1 amide bonds. The molecule has 0 bridgehead atoms. The molecule has 0 atom stereocenters. The second-order valence-corrected chi connectivity index (χ2v) is 6.14. The first-order valence-electron chi connectivity index (χ1n) is 7.64. The number of oxazole rings is 1. The summed E-state index contributed by atoms with van der Waals surface area (Å²) in [5.41, 5.74) is 1.99. The lowest BCUT2D eigenvalue weighted by Gasteiger charge is -2.24. The standard InChI is InChI=1S/C17H15ClN4O2/c1-21-9-12(18)15(20-21)17(23)22-8-7-14-13(10-22)19-16(24-14)11-5-3-2-4-6-11/h2-6,9H,7-8,10H2,1H3. The van der Waals surface area contributed by atoms with Crippen molar-refractivity contribution in [2.45, 2.75) is 13.0 Å². The number of benzene rings is 1. The summed E-state index contributed by atoms with van der Waals surface area (Å²) in [6, 6.07) is 9.74. The summed E-state index contributed by atoms with van der Waals surface area (Å²) >= 11 is 6.08. The van der Waals surface area contributed by atoms with Crippen molar-refractivity contribution in [2.24, 2.45) is 7.05 Å². The number of aryl methyl sites for hydroxylation is 1. The highest BCUT2D eigenvalue weighted by Gasteiger charge is 2.28. The molecule has 3 aromatic rings. The van der Waals surface area contributed by atoms with Crippen molar-refractivity contribution in [1.82, 2.24) is 19.7 Å². The lowest BCUT2D eigenvalue weighted by atomic mass is 10.1. The largest absolute Gasteiger partial charge is 0.441 e. The van der Waals surface area contributed by atoms with Crippen LogP contribution in [0.15, 0.2) is 40.9 Å². The number of halogens is 1. The number of hydrogen-bond donors (Lipinski definition) is 0. The molecule has 0 N–H and O–H groups in total. The highest BCUT2D eigenvalue weighted by atomic mass is 35.5. The van der Waals surface area contributed by atoms with E-state index in [-0.39, 0.29) is 11.6 Å². The Bertz CT molecular complexity index is 901. The number of fused-ring (bicyclic) bond motifs is 1. The summed E-state index contributed by atoms with van der Waals surface area (Å²) in [6.07, 6.45) is 2.25.